The first-order valence-electron chi connectivity index (χ1n) is 7.49. The normalized spacial score (nSPS) is 18.0. The van der Waals surface area contributed by atoms with Crippen LogP contribution in [-0.2, 0) is 6.54 Å². The zero-order valence-electron chi connectivity index (χ0n) is 12.4. The molecule has 1 saturated heterocycles. The lowest BCUT2D eigenvalue weighted by Crippen LogP contribution is -2.32. The molecule has 3 nitrogen and oxygen atoms in total. The van der Waals surface area contributed by atoms with E-state index in [1.54, 1.807) is 12.1 Å². The Kier molecular flexibility index (Phi) is 4.98. The maximum atomic E-state index is 12.5. The van der Waals surface area contributed by atoms with Crippen LogP contribution in [0.3, 0.4) is 0 Å². The van der Waals surface area contributed by atoms with Crippen LogP contribution in [0, 0.1) is 5.92 Å². The molecule has 0 bridgehead atoms. The van der Waals surface area contributed by atoms with Crippen molar-refractivity contribution in [1.29, 1.82) is 0 Å². The van der Waals surface area contributed by atoms with E-state index in [1.807, 2.05) is 10.6 Å². The largest absolute Gasteiger partial charge is 0.408 e. The minimum Gasteiger partial charge on any atom is -0.317 e. The molecule has 0 saturated carbocycles. The van der Waals surface area contributed by atoms with Crippen molar-refractivity contribution >= 4 is 33.2 Å². The molecule has 0 spiro atoms. The van der Waals surface area contributed by atoms with Crippen molar-refractivity contribution in [2.45, 2.75) is 25.6 Å². The number of halogens is 4. The van der Waals surface area contributed by atoms with Crippen LogP contribution in [0.25, 0.3) is 10.2 Å². The molecule has 23 heavy (non-hydrogen) atoms. The van der Waals surface area contributed by atoms with Crippen LogP contribution in [0.1, 0.15) is 12.8 Å². The number of hydrogen-bond acceptors (Lipinski definition) is 3. The van der Waals surface area contributed by atoms with Gasteiger partial charge >= 0.3 is 6.18 Å². The average Bonchev–Trinajstić information content (AvgIpc) is 2.82. The van der Waals surface area contributed by atoms with Gasteiger partial charge < -0.3 is 9.88 Å². The molecule has 2 heterocycles. The monoisotopic (exact) mass is 363 g/mol. The minimum absolute atomic E-state index is 0.415. The van der Waals surface area contributed by atoms with E-state index in [-0.39, 0.29) is 0 Å². The molecule has 3 rings (SSSR count). The second-order valence-corrected chi connectivity index (χ2v) is 7.18. The SMILES string of the molecule is FC(F)(F)CN=c1sc2cc(Cl)ccc2n1CC1CCNCC1. The van der Waals surface area contributed by atoms with Gasteiger partial charge in [-0.3, -0.25) is 0 Å². The van der Waals surface area contributed by atoms with Gasteiger partial charge in [0.2, 0.25) is 0 Å². The van der Waals surface area contributed by atoms with E-state index in [9.17, 15) is 13.2 Å². The summed E-state index contributed by atoms with van der Waals surface area (Å²) < 4.78 is 40.4. The van der Waals surface area contributed by atoms with Gasteiger partial charge in [-0.15, -0.1) is 0 Å². The van der Waals surface area contributed by atoms with E-state index in [2.05, 4.69) is 10.3 Å². The molecule has 2 aromatic rings. The highest BCUT2D eigenvalue weighted by molar-refractivity contribution is 7.16. The van der Waals surface area contributed by atoms with Crippen LogP contribution in [0.4, 0.5) is 13.2 Å². The van der Waals surface area contributed by atoms with Gasteiger partial charge in [0.05, 0.1) is 10.2 Å². The Morgan fingerprint density at radius 1 is 1.30 bits per heavy atom. The molecule has 1 aromatic heterocycles. The Morgan fingerprint density at radius 2 is 2.04 bits per heavy atom. The average molecular weight is 364 g/mol. The van der Waals surface area contributed by atoms with Gasteiger partial charge in [0.1, 0.15) is 6.54 Å². The van der Waals surface area contributed by atoms with Crippen LogP contribution in [0.5, 0.6) is 0 Å². The highest BCUT2D eigenvalue weighted by Gasteiger charge is 2.26. The molecule has 0 atom stereocenters. The first-order chi connectivity index (χ1) is 10.9. The number of nitrogens with one attached hydrogen (secondary N) is 1. The van der Waals surface area contributed by atoms with Crippen LogP contribution in [0.15, 0.2) is 23.2 Å². The summed E-state index contributed by atoms with van der Waals surface area (Å²) in [6.45, 7) is 1.45. The number of rotatable bonds is 3. The first kappa shape index (κ1) is 16.8. The number of piperidine rings is 1. The summed E-state index contributed by atoms with van der Waals surface area (Å²) in [6, 6.07) is 5.41. The van der Waals surface area contributed by atoms with E-state index in [1.165, 1.54) is 11.3 Å². The lowest BCUT2D eigenvalue weighted by Gasteiger charge is -2.23. The molecule has 1 aliphatic rings. The summed E-state index contributed by atoms with van der Waals surface area (Å²) in [5.74, 6) is 0.453. The lowest BCUT2D eigenvalue weighted by atomic mass is 9.98. The Hall–Kier alpha value is -1.05. The maximum Gasteiger partial charge on any atom is 0.408 e. The quantitative estimate of drug-likeness (QED) is 0.882. The molecule has 126 valence electrons. The van der Waals surface area contributed by atoms with Crippen molar-refractivity contribution in [1.82, 2.24) is 9.88 Å². The summed E-state index contributed by atoms with van der Waals surface area (Å²) in [7, 11) is 0. The predicted molar refractivity (Wildman–Crippen MR) is 86.9 cm³/mol. The van der Waals surface area contributed by atoms with E-state index in [0.29, 0.717) is 22.3 Å². The van der Waals surface area contributed by atoms with E-state index in [0.717, 1.165) is 36.1 Å². The minimum atomic E-state index is -4.29. The molecule has 1 aliphatic heterocycles. The molecule has 1 fully saturated rings. The van der Waals surface area contributed by atoms with Crippen molar-refractivity contribution in [3.8, 4) is 0 Å². The Balaban J connectivity index is 2.00. The molecular formula is C15H17ClF3N3S. The number of alkyl halides is 3. The van der Waals surface area contributed by atoms with Crippen LogP contribution < -0.4 is 10.1 Å². The highest BCUT2D eigenvalue weighted by Crippen LogP contribution is 2.24. The van der Waals surface area contributed by atoms with E-state index in [4.69, 9.17) is 11.6 Å². The van der Waals surface area contributed by atoms with Crippen LogP contribution >= 0.6 is 22.9 Å². The molecule has 8 heteroatoms. The van der Waals surface area contributed by atoms with Crippen LogP contribution in [0.2, 0.25) is 5.02 Å². The Morgan fingerprint density at radius 3 is 2.74 bits per heavy atom. The number of fused-ring (bicyclic) bond motifs is 1. The zero-order valence-corrected chi connectivity index (χ0v) is 13.9. The Labute approximate surface area is 140 Å². The van der Waals surface area contributed by atoms with Crippen molar-refractivity contribution in [2.24, 2.45) is 10.9 Å². The lowest BCUT2D eigenvalue weighted by molar-refractivity contribution is -0.118. The third kappa shape index (κ3) is 4.28. The van der Waals surface area contributed by atoms with Crippen molar-refractivity contribution in [3.05, 3.63) is 28.0 Å². The third-order valence-corrected chi connectivity index (χ3v) is 5.25. The molecule has 0 amide bonds. The summed E-state index contributed by atoms with van der Waals surface area (Å²) >= 11 is 7.26. The number of hydrogen-bond donors (Lipinski definition) is 1. The van der Waals surface area contributed by atoms with E-state index >= 15 is 0 Å². The molecule has 0 aliphatic carbocycles. The summed E-state index contributed by atoms with van der Waals surface area (Å²) in [5, 5.41) is 3.88. The number of aromatic nitrogens is 1. The van der Waals surface area contributed by atoms with Gasteiger partial charge in [0.25, 0.3) is 0 Å². The summed E-state index contributed by atoms with van der Waals surface area (Å²) in [6.07, 6.45) is -2.24. The second kappa shape index (κ2) is 6.83. The molecule has 0 unspecified atom stereocenters. The molecule has 1 N–H and O–H groups in total. The predicted octanol–water partition coefficient (Wildman–Crippen LogP) is 3.82. The second-order valence-electron chi connectivity index (χ2n) is 5.73. The van der Waals surface area contributed by atoms with Gasteiger partial charge in [0.15, 0.2) is 4.80 Å². The molecular weight excluding hydrogens is 347 g/mol. The van der Waals surface area contributed by atoms with Gasteiger partial charge in [0, 0.05) is 11.6 Å². The fourth-order valence-electron chi connectivity index (χ4n) is 2.82. The third-order valence-electron chi connectivity index (χ3n) is 3.94. The van der Waals surface area contributed by atoms with Gasteiger partial charge in [-0.05, 0) is 50.0 Å². The topological polar surface area (TPSA) is 29.3 Å². The smallest absolute Gasteiger partial charge is 0.317 e. The Bertz CT molecular complexity index is 744. The molecule has 1 aromatic carbocycles. The first-order valence-corrected chi connectivity index (χ1v) is 8.69. The van der Waals surface area contributed by atoms with Gasteiger partial charge in [-0.1, -0.05) is 22.9 Å². The van der Waals surface area contributed by atoms with Crippen LogP contribution in [-0.4, -0.2) is 30.4 Å². The standard InChI is InChI=1S/C15H17ClF3N3S/c16-11-1-2-12-13(7-11)23-14(21-9-15(17,18)19)22(12)8-10-3-5-20-6-4-10/h1-2,7,10,20H,3-6,8-9H2. The highest BCUT2D eigenvalue weighted by atomic mass is 35.5. The number of thiazole rings is 1. The van der Waals surface area contributed by atoms with Crippen molar-refractivity contribution < 1.29 is 13.2 Å². The number of nitrogens with zero attached hydrogens (tertiary/aromatic N) is 2. The van der Waals surface area contributed by atoms with E-state index < -0.39 is 12.7 Å². The summed E-state index contributed by atoms with van der Waals surface area (Å²) in [5.41, 5.74) is 0.902. The summed E-state index contributed by atoms with van der Waals surface area (Å²) in [4.78, 5) is 4.22. The fourth-order valence-corrected chi connectivity index (χ4v) is 4.14. The van der Waals surface area contributed by atoms with Crippen molar-refractivity contribution in [2.75, 3.05) is 19.6 Å². The fraction of sp³-hybridized carbons (Fsp3) is 0.533. The van der Waals surface area contributed by atoms with Gasteiger partial charge in [-0.25, -0.2) is 4.99 Å². The zero-order chi connectivity index (χ0) is 16.4. The van der Waals surface area contributed by atoms with Gasteiger partial charge in [-0.2, -0.15) is 13.2 Å². The number of benzene rings is 1. The molecule has 0 radical (unpaired) electrons. The maximum absolute atomic E-state index is 12.5. The van der Waals surface area contributed by atoms with Crippen molar-refractivity contribution in [3.63, 3.8) is 0 Å².